The van der Waals surface area contributed by atoms with Crippen LogP contribution in [-0.2, 0) is 13.1 Å². The fourth-order valence-electron chi connectivity index (χ4n) is 2.54. The minimum atomic E-state index is -0.246. The zero-order valence-corrected chi connectivity index (χ0v) is 15.0. The highest BCUT2D eigenvalue weighted by Gasteiger charge is 2.12. The minimum Gasteiger partial charge on any atom is -0.493 e. The van der Waals surface area contributed by atoms with E-state index in [1.807, 2.05) is 24.0 Å². The summed E-state index contributed by atoms with van der Waals surface area (Å²) in [5.41, 5.74) is 2.14. The van der Waals surface area contributed by atoms with Crippen LogP contribution in [-0.4, -0.2) is 39.7 Å². The lowest BCUT2D eigenvalue weighted by Crippen LogP contribution is -2.11. The molecule has 0 aliphatic carbocycles. The van der Waals surface area contributed by atoms with Crippen LogP contribution in [0.3, 0.4) is 0 Å². The van der Waals surface area contributed by atoms with Crippen LogP contribution >= 0.6 is 0 Å². The number of anilines is 1. The third-order valence-corrected chi connectivity index (χ3v) is 3.89. The Morgan fingerprint density at radius 3 is 2.54 bits per heavy atom. The molecule has 3 rings (SSSR count). The molecule has 8 nitrogen and oxygen atoms in total. The number of amides is 1. The van der Waals surface area contributed by atoms with Gasteiger partial charge in [0.1, 0.15) is 0 Å². The summed E-state index contributed by atoms with van der Waals surface area (Å²) in [7, 11) is 3.08. The molecular weight excluding hydrogens is 334 g/mol. The molecule has 1 amide bonds. The minimum absolute atomic E-state index is 0.246. The largest absolute Gasteiger partial charge is 0.493 e. The van der Waals surface area contributed by atoms with Gasteiger partial charge in [-0.2, -0.15) is 10.2 Å². The van der Waals surface area contributed by atoms with E-state index in [1.54, 1.807) is 42.4 Å². The molecule has 0 fully saturated rings. The van der Waals surface area contributed by atoms with Crippen molar-refractivity contribution in [1.82, 2.24) is 19.6 Å². The van der Waals surface area contributed by atoms with Crippen molar-refractivity contribution in [2.75, 3.05) is 19.5 Å². The Morgan fingerprint density at radius 1 is 1.08 bits per heavy atom. The van der Waals surface area contributed by atoms with E-state index < -0.39 is 0 Å². The third-order valence-electron chi connectivity index (χ3n) is 3.89. The van der Waals surface area contributed by atoms with Gasteiger partial charge in [0.25, 0.3) is 5.91 Å². The molecule has 0 radical (unpaired) electrons. The van der Waals surface area contributed by atoms with Crippen molar-refractivity contribution < 1.29 is 14.3 Å². The van der Waals surface area contributed by atoms with Crippen LogP contribution in [0.4, 0.5) is 5.69 Å². The number of benzene rings is 1. The summed E-state index contributed by atoms with van der Waals surface area (Å²) in [4.78, 5) is 12.4. The summed E-state index contributed by atoms with van der Waals surface area (Å²) in [6.45, 7) is 3.45. The van der Waals surface area contributed by atoms with Gasteiger partial charge in [0.15, 0.2) is 11.5 Å². The molecule has 0 bridgehead atoms. The second-order valence-electron chi connectivity index (χ2n) is 5.65. The van der Waals surface area contributed by atoms with Gasteiger partial charge >= 0.3 is 0 Å². The topological polar surface area (TPSA) is 83.2 Å². The predicted molar refractivity (Wildman–Crippen MR) is 96.7 cm³/mol. The molecule has 0 saturated heterocycles. The number of carbonyl (C=O) groups excluding carboxylic acids is 1. The highest BCUT2D eigenvalue weighted by atomic mass is 16.5. The Labute approximate surface area is 151 Å². The summed E-state index contributed by atoms with van der Waals surface area (Å²) in [5, 5.41) is 11.3. The SMILES string of the molecule is CCn1cc(Cn2cc(NC(=O)c3ccc(OC)c(OC)c3)cn2)cn1. The van der Waals surface area contributed by atoms with E-state index >= 15 is 0 Å². The number of rotatable bonds is 7. The third kappa shape index (κ3) is 3.85. The number of nitrogens with one attached hydrogen (secondary N) is 1. The number of aryl methyl sites for hydroxylation is 1. The number of nitrogens with zero attached hydrogens (tertiary/aromatic N) is 4. The van der Waals surface area contributed by atoms with Gasteiger partial charge in [0.2, 0.25) is 0 Å². The molecule has 0 aliphatic heterocycles. The molecule has 2 aromatic heterocycles. The predicted octanol–water partition coefficient (Wildman–Crippen LogP) is 2.42. The summed E-state index contributed by atoms with van der Waals surface area (Å²) in [5.74, 6) is 0.831. The second-order valence-corrected chi connectivity index (χ2v) is 5.65. The van der Waals surface area contributed by atoms with Gasteiger partial charge in [0, 0.05) is 30.1 Å². The molecule has 0 saturated carbocycles. The van der Waals surface area contributed by atoms with Crippen LogP contribution in [0, 0.1) is 0 Å². The fraction of sp³-hybridized carbons (Fsp3) is 0.278. The first-order chi connectivity index (χ1) is 12.6. The van der Waals surface area contributed by atoms with E-state index in [1.165, 1.54) is 7.11 Å². The van der Waals surface area contributed by atoms with Gasteiger partial charge in [-0.15, -0.1) is 0 Å². The van der Waals surface area contributed by atoms with Crippen molar-refractivity contribution in [2.24, 2.45) is 0 Å². The smallest absolute Gasteiger partial charge is 0.255 e. The molecule has 8 heteroatoms. The van der Waals surface area contributed by atoms with Gasteiger partial charge in [-0.25, -0.2) is 0 Å². The van der Waals surface area contributed by atoms with Crippen molar-refractivity contribution in [2.45, 2.75) is 20.0 Å². The van der Waals surface area contributed by atoms with Gasteiger partial charge in [-0.1, -0.05) is 0 Å². The van der Waals surface area contributed by atoms with E-state index in [0.717, 1.165) is 12.1 Å². The van der Waals surface area contributed by atoms with Crippen molar-refractivity contribution in [3.8, 4) is 11.5 Å². The molecule has 1 aromatic carbocycles. The maximum absolute atomic E-state index is 12.4. The first-order valence-electron chi connectivity index (χ1n) is 8.20. The lowest BCUT2D eigenvalue weighted by Gasteiger charge is -2.09. The van der Waals surface area contributed by atoms with E-state index in [0.29, 0.717) is 29.3 Å². The second kappa shape index (κ2) is 7.73. The van der Waals surface area contributed by atoms with Crippen LogP contribution in [0.2, 0.25) is 0 Å². The first kappa shape index (κ1) is 17.5. The molecule has 0 spiro atoms. The number of carbonyl (C=O) groups is 1. The molecule has 26 heavy (non-hydrogen) atoms. The van der Waals surface area contributed by atoms with E-state index in [2.05, 4.69) is 15.5 Å². The fourth-order valence-corrected chi connectivity index (χ4v) is 2.54. The van der Waals surface area contributed by atoms with Crippen molar-refractivity contribution >= 4 is 11.6 Å². The summed E-state index contributed by atoms with van der Waals surface area (Å²) < 4.78 is 14.0. The Balaban J connectivity index is 1.67. The van der Waals surface area contributed by atoms with Crippen LogP contribution in [0.25, 0.3) is 0 Å². The Kier molecular flexibility index (Phi) is 5.21. The van der Waals surface area contributed by atoms with Crippen molar-refractivity contribution in [3.63, 3.8) is 0 Å². The standard InChI is InChI=1S/C18H21N5O3/c1-4-22-10-13(8-19-22)11-23-12-15(9-20-23)21-18(24)14-5-6-16(25-2)17(7-14)26-3/h5-10,12H,4,11H2,1-3H3,(H,21,24). The number of methoxy groups -OCH3 is 2. The average molecular weight is 355 g/mol. The van der Waals surface area contributed by atoms with Crippen LogP contribution in [0.1, 0.15) is 22.8 Å². The molecule has 0 aliphatic rings. The number of hydrogen-bond acceptors (Lipinski definition) is 5. The summed E-state index contributed by atoms with van der Waals surface area (Å²) in [6, 6.07) is 5.01. The Morgan fingerprint density at radius 2 is 1.85 bits per heavy atom. The maximum Gasteiger partial charge on any atom is 0.255 e. The van der Waals surface area contributed by atoms with E-state index in [-0.39, 0.29) is 5.91 Å². The van der Waals surface area contributed by atoms with Crippen molar-refractivity contribution in [3.05, 3.63) is 54.1 Å². The van der Waals surface area contributed by atoms with Gasteiger partial charge in [-0.3, -0.25) is 14.2 Å². The normalized spacial score (nSPS) is 10.6. The van der Waals surface area contributed by atoms with E-state index in [4.69, 9.17) is 9.47 Å². The maximum atomic E-state index is 12.4. The molecular formula is C18H21N5O3. The molecule has 2 heterocycles. The zero-order chi connectivity index (χ0) is 18.5. The molecule has 0 atom stereocenters. The average Bonchev–Trinajstić information content (AvgIpc) is 3.30. The van der Waals surface area contributed by atoms with Crippen LogP contribution < -0.4 is 14.8 Å². The molecule has 0 unspecified atom stereocenters. The summed E-state index contributed by atoms with van der Waals surface area (Å²) in [6.07, 6.45) is 7.18. The first-order valence-corrected chi connectivity index (χ1v) is 8.20. The lowest BCUT2D eigenvalue weighted by atomic mass is 10.2. The summed E-state index contributed by atoms with van der Waals surface area (Å²) >= 11 is 0. The molecule has 136 valence electrons. The van der Waals surface area contributed by atoms with Crippen LogP contribution in [0.5, 0.6) is 11.5 Å². The van der Waals surface area contributed by atoms with Gasteiger partial charge in [-0.05, 0) is 25.1 Å². The number of ether oxygens (including phenoxy) is 2. The highest BCUT2D eigenvalue weighted by Crippen LogP contribution is 2.27. The van der Waals surface area contributed by atoms with Gasteiger partial charge < -0.3 is 14.8 Å². The molecule has 3 aromatic rings. The zero-order valence-electron chi connectivity index (χ0n) is 15.0. The Hall–Kier alpha value is -3.29. The van der Waals surface area contributed by atoms with Gasteiger partial charge in [0.05, 0.1) is 38.8 Å². The number of aromatic nitrogens is 4. The van der Waals surface area contributed by atoms with Crippen LogP contribution in [0.15, 0.2) is 43.0 Å². The number of hydrogen-bond donors (Lipinski definition) is 1. The Bertz CT molecular complexity index is 900. The monoisotopic (exact) mass is 355 g/mol. The van der Waals surface area contributed by atoms with E-state index in [9.17, 15) is 4.79 Å². The molecule has 1 N–H and O–H groups in total. The lowest BCUT2D eigenvalue weighted by molar-refractivity contribution is 0.102. The quantitative estimate of drug-likeness (QED) is 0.704. The highest BCUT2D eigenvalue weighted by molar-refractivity contribution is 6.04. The van der Waals surface area contributed by atoms with Crippen molar-refractivity contribution in [1.29, 1.82) is 0 Å².